The highest BCUT2D eigenvalue weighted by atomic mass is 32.2. The minimum absolute atomic E-state index is 0.0517. The van der Waals surface area contributed by atoms with E-state index in [9.17, 15) is 26.4 Å². The maximum Gasteiger partial charge on any atom is 0.389 e. The summed E-state index contributed by atoms with van der Waals surface area (Å²) in [5.74, 6) is 0.609. The van der Waals surface area contributed by atoms with E-state index in [1.165, 1.54) is 44.4 Å². The maximum absolute atomic E-state index is 13.0. The number of nitrogens with one attached hydrogen (secondary N) is 1. The summed E-state index contributed by atoms with van der Waals surface area (Å²) >= 11 is 0. The topological polar surface area (TPSA) is 109 Å². The lowest BCUT2D eigenvalue weighted by atomic mass is 10.2. The third-order valence-electron chi connectivity index (χ3n) is 5.48. The maximum atomic E-state index is 13.0. The summed E-state index contributed by atoms with van der Waals surface area (Å²) in [6, 6.07) is 9.19. The Morgan fingerprint density at radius 3 is 2.35 bits per heavy atom. The van der Waals surface area contributed by atoms with E-state index in [0.717, 1.165) is 0 Å². The predicted molar refractivity (Wildman–Crippen MR) is 129 cm³/mol. The first-order chi connectivity index (χ1) is 17.3. The molecule has 0 aliphatic carbocycles. The first kappa shape index (κ1) is 26.1. The van der Waals surface area contributed by atoms with Gasteiger partial charge in [0, 0.05) is 45.9 Å². The molecule has 0 radical (unpaired) electrons. The van der Waals surface area contributed by atoms with Crippen LogP contribution < -0.4 is 19.9 Å². The second-order valence-electron chi connectivity index (χ2n) is 8.36. The molecule has 0 saturated carbocycles. The predicted octanol–water partition coefficient (Wildman–Crippen LogP) is 3.92. The molecule has 4 aromatic rings. The molecule has 0 fully saturated rings. The largest absolute Gasteiger partial charge is 0.493 e. The molecule has 14 heteroatoms. The first-order valence-corrected chi connectivity index (χ1v) is 12.5. The Bertz CT molecular complexity index is 1610. The standard InChI is InChI=1S/C23H24F3N5O5S/c1-29-13-21(27-14-29)37(33,34)28-17-11-18-19(31(3)22(32)30(18)2)12-20(17)36-16-7-4-6-15(10-16)35-9-5-8-23(24,25)26/h4,6-7,10-14,28H,5,8-9H2,1-3H3. The molecule has 0 atom stereocenters. The first-order valence-electron chi connectivity index (χ1n) is 11.0. The summed E-state index contributed by atoms with van der Waals surface area (Å²) in [6.07, 6.45) is -2.75. The number of rotatable bonds is 9. The quantitative estimate of drug-likeness (QED) is 0.323. The van der Waals surface area contributed by atoms with Crippen LogP contribution in [0.1, 0.15) is 12.8 Å². The van der Waals surface area contributed by atoms with Crippen LogP contribution in [0.2, 0.25) is 0 Å². The van der Waals surface area contributed by atoms with Gasteiger partial charge in [-0.1, -0.05) is 6.07 Å². The normalized spacial score (nSPS) is 12.2. The molecule has 0 aliphatic heterocycles. The zero-order valence-electron chi connectivity index (χ0n) is 20.1. The number of aryl methyl sites for hydroxylation is 3. The number of hydrogen-bond acceptors (Lipinski definition) is 6. The average Bonchev–Trinajstić information content (AvgIpc) is 3.35. The van der Waals surface area contributed by atoms with E-state index in [0.29, 0.717) is 11.0 Å². The fraction of sp³-hybridized carbons (Fsp3) is 0.304. The van der Waals surface area contributed by atoms with Crippen molar-refractivity contribution in [1.82, 2.24) is 18.7 Å². The van der Waals surface area contributed by atoms with Gasteiger partial charge in [0.1, 0.15) is 11.5 Å². The van der Waals surface area contributed by atoms with Gasteiger partial charge in [0.15, 0.2) is 10.8 Å². The number of nitrogens with zero attached hydrogens (tertiary/aromatic N) is 4. The Labute approximate surface area is 209 Å². The molecule has 1 N–H and O–H groups in total. The number of ether oxygens (including phenoxy) is 2. The summed E-state index contributed by atoms with van der Waals surface area (Å²) in [5.41, 5.74) is 0.680. The zero-order valence-corrected chi connectivity index (χ0v) is 20.9. The van der Waals surface area contributed by atoms with E-state index in [4.69, 9.17) is 9.47 Å². The third-order valence-corrected chi connectivity index (χ3v) is 6.73. The Morgan fingerprint density at radius 2 is 1.70 bits per heavy atom. The van der Waals surface area contributed by atoms with E-state index < -0.39 is 22.6 Å². The Kier molecular flexibility index (Phi) is 6.95. The molecule has 0 amide bonds. The van der Waals surface area contributed by atoms with Gasteiger partial charge in [-0.05, 0) is 24.6 Å². The van der Waals surface area contributed by atoms with Crippen molar-refractivity contribution in [2.45, 2.75) is 24.0 Å². The number of fused-ring (bicyclic) bond motifs is 1. The molecule has 4 rings (SSSR count). The monoisotopic (exact) mass is 539 g/mol. The molecule has 0 aliphatic rings. The second kappa shape index (κ2) is 9.84. The highest BCUT2D eigenvalue weighted by Gasteiger charge is 2.26. The van der Waals surface area contributed by atoms with Crippen LogP contribution in [0.15, 0.2) is 58.7 Å². The summed E-state index contributed by atoms with van der Waals surface area (Å²) < 4.78 is 81.1. The molecule has 0 saturated heterocycles. The number of aromatic nitrogens is 4. The van der Waals surface area contributed by atoms with E-state index in [1.807, 2.05) is 0 Å². The molecule has 2 aromatic carbocycles. The number of benzene rings is 2. The lowest BCUT2D eigenvalue weighted by Crippen LogP contribution is -2.19. The van der Waals surface area contributed by atoms with Crippen molar-refractivity contribution in [2.75, 3.05) is 11.3 Å². The highest BCUT2D eigenvalue weighted by molar-refractivity contribution is 7.92. The van der Waals surface area contributed by atoms with Gasteiger partial charge in [0.25, 0.3) is 10.0 Å². The van der Waals surface area contributed by atoms with Gasteiger partial charge < -0.3 is 14.0 Å². The number of alkyl halides is 3. The zero-order chi connectivity index (χ0) is 27.0. The van der Waals surface area contributed by atoms with Gasteiger partial charge in [0.2, 0.25) is 0 Å². The van der Waals surface area contributed by atoms with Crippen molar-refractivity contribution in [1.29, 1.82) is 0 Å². The summed E-state index contributed by atoms with van der Waals surface area (Å²) in [4.78, 5) is 16.3. The third kappa shape index (κ3) is 5.90. The fourth-order valence-electron chi connectivity index (χ4n) is 3.63. The van der Waals surface area contributed by atoms with Gasteiger partial charge in [-0.25, -0.2) is 9.78 Å². The molecule has 2 heterocycles. The average molecular weight is 540 g/mol. The minimum Gasteiger partial charge on any atom is -0.493 e. The molecule has 10 nitrogen and oxygen atoms in total. The minimum atomic E-state index is -4.26. The van der Waals surface area contributed by atoms with Gasteiger partial charge in [-0.2, -0.15) is 21.6 Å². The molecule has 198 valence electrons. The number of imidazole rings is 2. The van der Waals surface area contributed by atoms with Crippen molar-refractivity contribution in [3.8, 4) is 17.2 Å². The summed E-state index contributed by atoms with van der Waals surface area (Å²) in [6.45, 7) is -0.143. The molecule has 37 heavy (non-hydrogen) atoms. The van der Waals surface area contributed by atoms with Crippen LogP contribution in [-0.4, -0.2) is 39.9 Å². The van der Waals surface area contributed by atoms with Crippen molar-refractivity contribution in [3.63, 3.8) is 0 Å². The van der Waals surface area contributed by atoms with Crippen LogP contribution in [0.25, 0.3) is 11.0 Å². The van der Waals surface area contributed by atoms with Crippen molar-refractivity contribution < 1.29 is 31.1 Å². The van der Waals surface area contributed by atoms with E-state index >= 15 is 0 Å². The molecule has 2 aromatic heterocycles. The lowest BCUT2D eigenvalue weighted by molar-refractivity contribution is -0.136. The summed E-state index contributed by atoms with van der Waals surface area (Å²) in [7, 11) is 0.658. The van der Waals surface area contributed by atoms with Crippen LogP contribution in [-0.2, 0) is 31.2 Å². The molecule has 0 unspecified atom stereocenters. The second-order valence-corrected chi connectivity index (χ2v) is 9.99. The Balaban J connectivity index is 1.66. The van der Waals surface area contributed by atoms with Gasteiger partial charge in [-0.3, -0.25) is 13.9 Å². The number of sulfonamides is 1. The molecule has 0 spiro atoms. The van der Waals surface area contributed by atoms with Crippen LogP contribution in [0.3, 0.4) is 0 Å². The van der Waals surface area contributed by atoms with Crippen LogP contribution in [0.5, 0.6) is 17.2 Å². The van der Waals surface area contributed by atoms with Crippen molar-refractivity contribution in [2.24, 2.45) is 21.1 Å². The SMILES string of the molecule is Cn1cnc(S(=O)(=O)Nc2cc3c(cc2Oc2cccc(OCCCC(F)(F)F)c2)n(C)c(=O)n3C)c1. The Morgan fingerprint density at radius 1 is 1.03 bits per heavy atom. The van der Waals surface area contributed by atoms with Gasteiger partial charge >= 0.3 is 11.9 Å². The fourth-order valence-corrected chi connectivity index (χ4v) is 4.68. The Hall–Kier alpha value is -3.94. The van der Waals surface area contributed by atoms with Crippen molar-refractivity contribution >= 4 is 26.7 Å². The van der Waals surface area contributed by atoms with E-state index in [1.54, 1.807) is 39.3 Å². The van der Waals surface area contributed by atoms with Gasteiger partial charge in [0.05, 0.1) is 29.7 Å². The lowest BCUT2D eigenvalue weighted by Gasteiger charge is -2.15. The van der Waals surface area contributed by atoms with Crippen LogP contribution in [0.4, 0.5) is 18.9 Å². The van der Waals surface area contributed by atoms with Crippen molar-refractivity contribution in [3.05, 3.63) is 59.4 Å². The van der Waals surface area contributed by atoms with Crippen LogP contribution >= 0.6 is 0 Å². The smallest absolute Gasteiger partial charge is 0.389 e. The van der Waals surface area contributed by atoms with E-state index in [-0.39, 0.29) is 46.7 Å². The highest BCUT2D eigenvalue weighted by Crippen LogP contribution is 2.36. The molecule has 0 bridgehead atoms. The van der Waals surface area contributed by atoms with Gasteiger partial charge in [-0.15, -0.1) is 0 Å². The molecular formula is C23H24F3N5O5S. The number of halogens is 3. The van der Waals surface area contributed by atoms with E-state index in [2.05, 4.69) is 9.71 Å². The summed E-state index contributed by atoms with van der Waals surface area (Å²) in [5, 5.41) is -0.211. The number of hydrogen-bond donors (Lipinski definition) is 1. The van der Waals surface area contributed by atoms with Crippen LogP contribution in [0, 0.1) is 0 Å². The number of anilines is 1. The molecular weight excluding hydrogens is 515 g/mol.